The van der Waals surface area contributed by atoms with Crippen LogP contribution in [0.3, 0.4) is 0 Å². The number of piperidine rings is 2. The molecule has 3 heterocycles. The van der Waals surface area contributed by atoms with Gasteiger partial charge in [-0.1, -0.05) is 31.1 Å². The van der Waals surface area contributed by atoms with Crippen LogP contribution in [0.5, 0.6) is 0 Å². The Morgan fingerprint density at radius 2 is 2.04 bits per heavy atom. The van der Waals surface area contributed by atoms with Crippen molar-refractivity contribution in [3.63, 3.8) is 0 Å². The molecule has 2 saturated heterocycles. The van der Waals surface area contributed by atoms with E-state index in [4.69, 9.17) is 5.73 Å². The normalized spacial score (nSPS) is 26.9. The van der Waals surface area contributed by atoms with Gasteiger partial charge in [-0.05, 0) is 38.5 Å². The maximum absolute atomic E-state index is 13.2. The summed E-state index contributed by atoms with van der Waals surface area (Å²) in [7, 11) is 0. The number of hydrogen-bond donors (Lipinski definition) is 1. The first-order chi connectivity index (χ1) is 13.0. The maximum Gasteiger partial charge on any atom is 0.265 e. The average molecular weight is 391 g/mol. The fourth-order valence-electron chi connectivity index (χ4n) is 5.23. The second kappa shape index (κ2) is 7.41. The van der Waals surface area contributed by atoms with Crippen molar-refractivity contribution in [1.82, 2.24) is 14.8 Å². The number of thiazole rings is 1. The quantitative estimate of drug-likeness (QED) is 0.860. The first kappa shape index (κ1) is 18.7. The van der Waals surface area contributed by atoms with Gasteiger partial charge in [0, 0.05) is 37.5 Å². The van der Waals surface area contributed by atoms with Gasteiger partial charge in [-0.2, -0.15) is 0 Å². The lowest BCUT2D eigenvalue weighted by Gasteiger charge is -2.49. The number of likely N-dealkylation sites (tertiary alicyclic amines) is 2. The Morgan fingerprint density at radius 1 is 1.26 bits per heavy atom. The third-order valence-corrected chi connectivity index (χ3v) is 7.57. The second-order valence-electron chi connectivity index (χ2n) is 8.47. The lowest BCUT2D eigenvalue weighted by molar-refractivity contribution is -0.142. The number of aryl methyl sites for hydroxylation is 1. The molecule has 2 N–H and O–H groups in total. The van der Waals surface area contributed by atoms with Crippen LogP contribution < -0.4 is 5.73 Å². The molecule has 2 aliphatic heterocycles. The van der Waals surface area contributed by atoms with Gasteiger partial charge in [0.2, 0.25) is 5.91 Å². The van der Waals surface area contributed by atoms with Crippen LogP contribution >= 0.6 is 11.3 Å². The molecular weight excluding hydrogens is 360 g/mol. The standard InChI is InChI=1S/C20H30N4O2S/c1-2-15-17(27-19(21)22-15)18(26)23-11-5-9-20(12-23)10-8-16(25)24(13-20)14-6-3-4-7-14/h14H,2-13H2,1H3,(H2,21,22)/t20-/m1/s1. The molecule has 2 amide bonds. The van der Waals surface area contributed by atoms with E-state index in [9.17, 15) is 9.59 Å². The summed E-state index contributed by atoms with van der Waals surface area (Å²) in [4.78, 5) is 34.9. The van der Waals surface area contributed by atoms with Crippen LogP contribution in [-0.4, -0.2) is 52.3 Å². The van der Waals surface area contributed by atoms with Gasteiger partial charge in [0.15, 0.2) is 5.13 Å². The van der Waals surface area contributed by atoms with Gasteiger partial charge in [0.05, 0.1) is 5.69 Å². The molecule has 0 bridgehead atoms. The zero-order valence-corrected chi connectivity index (χ0v) is 17.0. The third kappa shape index (κ3) is 3.58. The molecule has 7 heteroatoms. The highest BCUT2D eigenvalue weighted by Gasteiger charge is 2.45. The number of aromatic nitrogens is 1. The van der Waals surface area contributed by atoms with Crippen LogP contribution in [0.4, 0.5) is 5.13 Å². The Morgan fingerprint density at radius 3 is 2.78 bits per heavy atom. The van der Waals surface area contributed by atoms with Crippen molar-refractivity contribution in [3.05, 3.63) is 10.6 Å². The molecule has 1 spiro atoms. The van der Waals surface area contributed by atoms with E-state index in [1.165, 1.54) is 24.2 Å². The molecule has 148 valence electrons. The number of carbonyl (C=O) groups excluding carboxylic acids is 2. The van der Waals surface area contributed by atoms with Crippen molar-refractivity contribution in [2.45, 2.75) is 70.8 Å². The Labute approximate surface area is 165 Å². The summed E-state index contributed by atoms with van der Waals surface area (Å²) in [6.45, 7) is 4.38. The SMILES string of the molecule is CCc1nc(N)sc1C(=O)N1CCC[C@@]2(CCC(=O)N(C3CCCC3)C2)C1. The monoisotopic (exact) mass is 390 g/mol. The molecule has 27 heavy (non-hydrogen) atoms. The smallest absolute Gasteiger partial charge is 0.265 e. The number of amides is 2. The average Bonchev–Trinajstić information content (AvgIpc) is 3.33. The van der Waals surface area contributed by atoms with Gasteiger partial charge in [-0.25, -0.2) is 4.98 Å². The fourth-order valence-corrected chi connectivity index (χ4v) is 6.12. The molecule has 1 aromatic heterocycles. The van der Waals surface area contributed by atoms with Crippen molar-refractivity contribution >= 4 is 28.3 Å². The minimum atomic E-state index is 0.0625. The predicted octanol–water partition coefficient (Wildman–Crippen LogP) is 3.08. The second-order valence-corrected chi connectivity index (χ2v) is 9.50. The van der Waals surface area contributed by atoms with Crippen molar-refractivity contribution in [1.29, 1.82) is 0 Å². The van der Waals surface area contributed by atoms with Crippen LogP contribution in [-0.2, 0) is 11.2 Å². The first-order valence-electron chi connectivity index (χ1n) is 10.4. The van der Waals surface area contributed by atoms with Crippen LogP contribution in [0.15, 0.2) is 0 Å². The van der Waals surface area contributed by atoms with Crippen LogP contribution in [0, 0.1) is 5.41 Å². The van der Waals surface area contributed by atoms with Crippen molar-refractivity contribution < 1.29 is 9.59 Å². The summed E-state index contributed by atoms with van der Waals surface area (Å²) in [5.41, 5.74) is 6.73. The number of nitrogens with zero attached hydrogens (tertiary/aromatic N) is 3. The minimum Gasteiger partial charge on any atom is -0.375 e. The van der Waals surface area contributed by atoms with Crippen LogP contribution in [0.1, 0.15) is 73.7 Å². The summed E-state index contributed by atoms with van der Waals surface area (Å²) in [6.07, 6.45) is 9.13. The highest BCUT2D eigenvalue weighted by atomic mass is 32.1. The Bertz CT molecular complexity index is 728. The number of anilines is 1. The van der Waals surface area contributed by atoms with Gasteiger partial charge in [-0.15, -0.1) is 0 Å². The molecule has 1 saturated carbocycles. The molecule has 4 rings (SSSR count). The number of nitrogens with two attached hydrogens (primary N) is 1. The molecule has 1 aromatic rings. The summed E-state index contributed by atoms with van der Waals surface area (Å²) in [6, 6.07) is 0.425. The molecule has 1 atom stereocenters. The molecule has 0 aromatic carbocycles. The van der Waals surface area contributed by atoms with E-state index in [1.54, 1.807) is 0 Å². The first-order valence-corrected chi connectivity index (χ1v) is 11.2. The van der Waals surface area contributed by atoms with E-state index in [-0.39, 0.29) is 11.3 Å². The Balaban J connectivity index is 1.51. The summed E-state index contributed by atoms with van der Waals surface area (Å²) >= 11 is 1.31. The zero-order chi connectivity index (χ0) is 19.0. The van der Waals surface area contributed by atoms with E-state index in [0.29, 0.717) is 28.4 Å². The van der Waals surface area contributed by atoms with E-state index >= 15 is 0 Å². The molecule has 3 aliphatic rings. The van der Waals surface area contributed by atoms with Crippen molar-refractivity contribution in [3.8, 4) is 0 Å². The van der Waals surface area contributed by atoms with Crippen molar-refractivity contribution in [2.75, 3.05) is 25.4 Å². The summed E-state index contributed by atoms with van der Waals surface area (Å²) < 4.78 is 0. The maximum atomic E-state index is 13.2. The van der Waals surface area contributed by atoms with Crippen LogP contribution in [0.25, 0.3) is 0 Å². The Hall–Kier alpha value is -1.63. The summed E-state index contributed by atoms with van der Waals surface area (Å²) in [5, 5.41) is 0.470. The summed E-state index contributed by atoms with van der Waals surface area (Å²) in [5.74, 6) is 0.393. The van der Waals surface area contributed by atoms with Crippen LogP contribution in [0.2, 0.25) is 0 Å². The van der Waals surface area contributed by atoms with E-state index in [0.717, 1.165) is 63.9 Å². The third-order valence-electron chi connectivity index (χ3n) is 6.65. The predicted molar refractivity (Wildman–Crippen MR) is 107 cm³/mol. The fraction of sp³-hybridized carbons (Fsp3) is 0.750. The molecular formula is C20H30N4O2S. The lowest BCUT2D eigenvalue weighted by Crippen LogP contribution is -2.56. The van der Waals surface area contributed by atoms with Gasteiger partial charge in [-0.3, -0.25) is 9.59 Å². The van der Waals surface area contributed by atoms with Gasteiger partial charge >= 0.3 is 0 Å². The molecule has 0 radical (unpaired) electrons. The molecule has 0 unspecified atom stereocenters. The molecule has 1 aliphatic carbocycles. The number of hydrogen-bond acceptors (Lipinski definition) is 5. The number of carbonyl (C=O) groups is 2. The Kier molecular flexibility index (Phi) is 5.14. The van der Waals surface area contributed by atoms with E-state index in [2.05, 4.69) is 9.88 Å². The van der Waals surface area contributed by atoms with Gasteiger partial charge in [0.1, 0.15) is 4.88 Å². The highest BCUT2D eigenvalue weighted by molar-refractivity contribution is 7.17. The molecule has 3 fully saturated rings. The minimum absolute atomic E-state index is 0.0625. The number of nitrogen functional groups attached to an aromatic ring is 1. The molecule has 6 nitrogen and oxygen atoms in total. The largest absolute Gasteiger partial charge is 0.375 e. The van der Waals surface area contributed by atoms with Gasteiger partial charge < -0.3 is 15.5 Å². The van der Waals surface area contributed by atoms with Crippen molar-refractivity contribution in [2.24, 2.45) is 5.41 Å². The van der Waals surface area contributed by atoms with E-state index in [1.807, 2.05) is 11.8 Å². The number of rotatable bonds is 3. The lowest BCUT2D eigenvalue weighted by atomic mass is 9.73. The topological polar surface area (TPSA) is 79.5 Å². The zero-order valence-electron chi connectivity index (χ0n) is 16.2. The highest BCUT2D eigenvalue weighted by Crippen LogP contribution is 2.41. The van der Waals surface area contributed by atoms with Gasteiger partial charge in [0.25, 0.3) is 5.91 Å². The van der Waals surface area contributed by atoms with E-state index < -0.39 is 0 Å².